The maximum absolute atomic E-state index is 11.4. The first-order chi connectivity index (χ1) is 6.43. The van der Waals surface area contributed by atoms with Crippen molar-refractivity contribution in [2.75, 3.05) is 0 Å². The van der Waals surface area contributed by atoms with Crippen LogP contribution in [0.3, 0.4) is 0 Å². The van der Waals surface area contributed by atoms with Crippen molar-refractivity contribution in [2.24, 2.45) is 7.05 Å². The first kappa shape index (κ1) is 11.2. The van der Waals surface area contributed by atoms with E-state index in [0.717, 1.165) is 0 Å². The summed E-state index contributed by atoms with van der Waals surface area (Å²) >= 11 is 0. The van der Waals surface area contributed by atoms with Gasteiger partial charge in [0.2, 0.25) is 10.0 Å². The summed E-state index contributed by atoms with van der Waals surface area (Å²) in [5.74, 6) is 0.703. The van der Waals surface area contributed by atoms with E-state index in [1.807, 2.05) is 7.05 Å². The fourth-order valence-corrected chi connectivity index (χ4v) is 1.56. The highest BCUT2D eigenvalue weighted by molar-refractivity contribution is 7.90. The number of imidazole rings is 1. The minimum atomic E-state index is -3.19. The van der Waals surface area contributed by atoms with E-state index in [1.54, 1.807) is 30.8 Å². The molecule has 6 heteroatoms. The predicted octanol–water partition coefficient (Wildman–Crippen LogP) is 0.248. The quantitative estimate of drug-likeness (QED) is 0.786. The second-order valence-corrected chi connectivity index (χ2v) is 5.69. The molecule has 1 aromatic heterocycles. The van der Waals surface area contributed by atoms with E-state index in [0.29, 0.717) is 5.82 Å². The average Bonchev–Trinajstić information content (AvgIpc) is 2.47. The highest BCUT2D eigenvalue weighted by Crippen LogP contribution is 1.99. The summed E-state index contributed by atoms with van der Waals surface area (Å²) < 4.78 is 27.0. The van der Waals surface area contributed by atoms with Crippen LogP contribution >= 0.6 is 0 Å². The van der Waals surface area contributed by atoms with Crippen molar-refractivity contribution < 1.29 is 8.42 Å². The second-order valence-electron chi connectivity index (χ2n) is 3.37. The first-order valence-corrected chi connectivity index (χ1v) is 5.93. The molecule has 0 spiro atoms. The fraction of sp³-hybridized carbons (Fsp3) is 0.625. The van der Waals surface area contributed by atoms with E-state index < -0.39 is 15.3 Å². The molecule has 0 bridgehead atoms. The lowest BCUT2D eigenvalue weighted by molar-refractivity contribution is 0.568. The van der Waals surface area contributed by atoms with Crippen molar-refractivity contribution in [3.63, 3.8) is 0 Å². The molecule has 0 radical (unpaired) electrons. The lowest BCUT2D eigenvalue weighted by atomic mass is 10.6. The van der Waals surface area contributed by atoms with Crippen LogP contribution in [0.25, 0.3) is 0 Å². The molecule has 1 rings (SSSR count). The number of nitrogens with zero attached hydrogens (tertiary/aromatic N) is 2. The molecule has 14 heavy (non-hydrogen) atoms. The molecule has 0 aliphatic heterocycles. The Hall–Kier alpha value is -0.880. The lowest BCUT2D eigenvalue weighted by Crippen LogP contribution is -2.31. The molecule has 0 saturated heterocycles. The van der Waals surface area contributed by atoms with E-state index in [-0.39, 0.29) is 6.54 Å². The van der Waals surface area contributed by atoms with Gasteiger partial charge < -0.3 is 4.57 Å². The molecule has 1 heterocycles. The molecule has 1 aromatic rings. The summed E-state index contributed by atoms with van der Waals surface area (Å²) in [7, 11) is -1.37. The van der Waals surface area contributed by atoms with Crippen molar-refractivity contribution in [1.29, 1.82) is 0 Å². The van der Waals surface area contributed by atoms with Gasteiger partial charge in [0.25, 0.3) is 0 Å². The number of hydrogen-bond donors (Lipinski definition) is 1. The van der Waals surface area contributed by atoms with Crippen LogP contribution in [-0.4, -0.2) is 23.2 Å². The average molecular weight is 217 g/mol. The zero-order valence-electron chi connectivity index (χ0n) is 8.56. The molecule has 1 N–H and O–H groups in total. The molecule has 80 valence electrons. The first-order valence-electron chi connectivity index (χ1n) is 4.38. The lowest BCUT2D eigenvalue weighted by Gasteiger charge is -2.08. The molecule has 0 fully saturated rings. The Kier molecular flexibility index (Phi) is 3.28. The molecule has 0 aliphatic rings. The SMILES string of the molecule is CC(C)S(=O)(=O)NCc1nccn1C. The molecule has 0 amide bonds. The maximum Gasteiger partial charge on any atom is 0.214 e. The number of hydrogen-bond acceptors (Lipinski definition) is 3. The number of rotatable bonds is 4. The second kappa shape index (κ2) is 4.10. The summed E-state index contributed by atoms with van der Waals surface area (Å²) in [6.07, 6.45) is 3.41. The molecule has 0 aliphatic carbocycles. The van der Waals surface area contributed by atoms with Gasteiger partial charge in [-0.15, -0.1) is 0 Å². The molecule has 0 aromatic carbocycles. The Balaban J connectivity index is 2.62. The van der Waals surface area contributed by atoms with Crippen molar-refractivity contribution in [2.45, 2.75) is 25.6 Å². The van der Waals surface area contributed by atoms with Crippen LogP contribution in [0.4, 0.5) is 0 Å². The number of aromatic nitrogens is 2. The highest BCUT2D eigenvalue weighted by Gasteiger charge is 2.15. The third-order valence-corrected chi connectivity index (χ3v) is 3.76. The normalized spacial score (nSPS) is 12.3. The minimum absolute atomic E-state index is 0.240. The summed E-state index contributed by atoms with van der Waals surface area (Å²) in [5.41, 5.74) is 0. The Morgan fingerprint density at radius 2 is 2.21 bits per heavy atom. The topological polar surface area (TPSA) is 64.0 Å². The van der Waals surface area contributed by atoms with Crippen molar-refractivity contribution >= 4 is 10.0 Å². The Labute approximate surface area is 84.2 Å². The van der Waals surface area contributed by atoms with E-state index >= 15 is 0 Å². The summed E-state index contributed by atoms with van der Waals surface area (Å²) in [6, 6.07) is 0. The smallest absolute Gasteiger partial charge is 0.214 e. The van der Waals surface area contributed by atoms with Gasteiger partial charge in [-0.2, -0.15) is 0 Å². The monoisotopic (exact) mass is 217 g/mol. The standard InChI is InChI=1S/C8H15N3O2S/c1-7(2)14(12,13)10-6-8-9-4-5-11(8)3/h4-5,7,10H,6H2,1-3H3. The third kappa shape index (κ3) is 2.55. The largest absolute Gasteiger partial charge is 0.337 e. The summed E-state index contributed by atoms with van der Waals surface area (Å²) in [5, 5.41) is -0.414. The molecule has 0 atom stereocenters. The molecular weight excluding hydrogens is 202 g/mol. The zero-order chi connectivity index (χ0) is 10.8. The highest BCUT2D eigenvalue weighted by atomic mass is 32.2. The number of nitrogens with one attached hydrogen (secondary N) is 1. The van der Waals surface area contributed by atoms with Crippen LogP contribution in [0.2, 0.25) is 0 Å². The van der Waals surface area contributed by atoms with Crippen molar-refractivity contribution in [3.8, 4) is 0 Å². The van der Waals surface area contributed by atoms with Gasteiger partial charge in [0.05, 0.1) is 11.8 Å². The summed E-state index contributed by atoms with van der Waals surface area (Å²) in [4.78, 5) is 4.01. The van der Waals surface area contributed by atoms with Crippen LogP contribution in [0, 0.1) is 0 Å². The van der Waals surface area contributed by atoms with Crippen LogP contribution in [0.1, 0.15) is 19.7 Å². The van der Waals surface area contributed by atoms with Gasteiger partial charge in [-0.05, 0) is 13.8 Å². The van der Waals surface area contributed by atoms with Crippen LogP contribution in [0.15, 0.2) is 12.4 Å². The van der Waals surface area contributed by atoms with Crippen LogP contribution < -0.4 is 4.72 Å². The van der Waals surface area contributed by atoms with E-state index in [1.165, 1.54) is 0 Å². The summed E-state index contributed by atoms with van der Waals surface area (Å²) in [6.45, 7) is 3.52. The Morgan fingerprint density at radius 1 is 1.57 bits per heavy atom. The van der Waals surface area contributed by atoms with E-state index in [4.69, 9.17) is 0 Å². The fourth-order valence-electron chi connectivity index (χ4n) is 0.899. The van der Waals surface area contributed by atoms with Crippen molar-refractivity contribution in [3.05, 3.63) is 18.2 Å². The van der Waals surface area contributed by atoms with E-state index in [9.17, 15) is 8.42 Å². The third-order valence-electron chi connectivity index (χ3n) is 1.97. The van der Waals surface area contributed by atoms with Crippen molar-refractivity contribution in [1.82, 2.24) is 14.3 Å². The zero-order valence-corrected chi connectivity index (χ0v) is 9.37. The predicted molar refractivity (Wildman–Crippen MR) is 54.1 cm³/mol. The maximum atomic E-state index is 11.4. The van der Waals surface area contributed by atoms with Crippen LogP contribution in [-0.2, 0) is 23.6 Å². The molecule has 0 unspecified atom stereocenters. The Morgan fingerprint density at radius 3 is 2.64 bits per heavy atom. The number of sulfonamides is 1. The van der Waals surface area contributed by atoms with Gasteiger partial charge in [0.15, 0.2) is 0 Å². The Bertz CT molecular complexity index is 394. The molecular formula is C8H15N3O2S. The van der Waals surface area contributed by atoms with Gasteiger partial charge in [0.1, 0.15) is 5.82 Å². The van der Waals surface area contributed by atoms with Gasteiger partial charge in [0, 0.05) is 19.4 Å². The van der Waals surface area contributed by atoms with E-state index in [2.05, 4.69) is 9.71 Å². The van der Waals surface area contributed by atoms with Gasteiger partial charge in [-0.25, -0.2) is 18.1 Å². The molecule has 5 nitrogen and oxygen atoms in total. The van der Waals surface area contributed by atoms with Crippen LogP contribution in [0.5, 0.6) is 0 Å². The minimum Gasteiger partial charge on any atom is -0.337 e. The van der Waals surface area contributed by atoms with Gasteiger partial charge >= 0.3 is 0 Å². The van der Waals surface area contributed by atoms with Gasteiger partial charge in [-0.3, -0.25) is 0 Å². The van der Waals surface area contributed by atoms with Gasteiger partial charge in [-0.1, -0.05) is 0 Å². The molecule has 0 saturated carbocycles. The number of aryl methyl sites for hydroxylation is 1.